The van der Waals surface area contributed by atoms with Gasteiger partial charge in [0.1, 0.15) is 0 Å². The zero-order valence-corrected chi connectivity index (χ0v) is 11.5. The number of nitrogens with one attached hydrogen (secondary N) is 2. The van der Waals surface area contributed by atoms with E-state index in [1.54, 1.807) is 0 Å². The van der Waals surface area contributed by atoms with Crippen molar-refractivity contribution >= 4 is 10.8 Å². The Morgan fingerprint density at radius 1 is 1.00 bits per heavy atom. The van der Waals surface area contributed by atoms with Gasteiger partial charge in [-0.25, -0.2) is 0 Å². The second-order valence-electron chi connectivity index (χ2n) is 4.99. The molecule has 1 aromatic heterocycles. The van der Waals surface area contributed by atoms with Gasteiger partial charge in [0.05, 0.1) is 6.04 Å². The molecule has 20 heavy (non-hydrogen) atoms. The Balaban J connectivity index is 1.80. The quantitative estimate of drug-likeness (QED) is 0.762. The van der Waals surface area contributed by atoms with Gasteiger partial charge in [0, 0.05) is 6.04 Å². The topological polar surface area (TPSA) is 66.5 Å². The first kappa shape index (κ1) is 12.7. The average molecular weight is 267 g/mol. The monoisotopic (exact) mass is 267 g/mol. The molecule has 5 heteroatoms. The Hall–Kier alpha value is -2.27. The minimum Gasteiger partial charge on any atom is -0.301 e. The molecule has 1 heterocycles. The minimum absolute atomic E-state index is 0.0511. The molecule has 102 valence electrons. The van der Waals surface area contributed by atoms with E-state index in [-0.39, 0.29) is 12.1 Å². The average Bonchev–Trinajstić information content (AvgIpc) is 3.01. The van der Waals surface area contributed by atoms with Gasteiger partial charge >= 0.3 is 0 Å². The van der Waals surface area contributed by atoms with Crippen molar-refractivity contribution < 1.29 is 0 Å². The van der Waals surface area contributed by atoms with Crippen LogP contribution in [0.1, 0.15) is 37.3 Å². The Morgan fingerprint density at radius 3 is 2.55 bits per heavy atom. The van der Waals surface area contributed by atoms with Crippen LogP contribution >= 0.6 is 0 Å². The Labute approximate surface area is 117 Å². The SMILES string of the molecule is CC(NC(C)c1nn[nH]n1)c1ccc2ccccc2c1. The largest absolute Gasteiger partial charge is 0.301 e. The van der Waals surface area contributed by atoms with Crippen LogP contribution in [0, 0.1) is 0 Å². The summed E-state index contributed by atoms with van der Waals surface area (Å²) in [7, 11) is 0. The molecule has 0 fully saturated rings. The van der Waals surface area contributed by atoms with Crippen molar-refractivity contribution in [2.45, 2.75) is 25.9 Å². The van der Waals surface area contributed by atoms with E-state index in [1.165, 1.54) is 16.3 Å². The molecule has 0 aliphatic carbocycles. The van der Waals surface area contributed by atoms with Crippen molar-refractivity contribution in [1.29, 1.82) is 0 Å². The number of nitrogens with zero attached hydrogens (tertiary/aromatic N) is 3. The van der Waals surface area contributed by atoms with Gasteiger partial charge < -0.3 is 5.32 Å². The van der Waals surface area contributed by atoms with Crippen LogP contribution in [0.3, 0.4) is 0 Å². The number of aromatic nitrogens is 4. The fraction of sp³-hybridized carbons (Fsp3) is 0.267. The van der Waals surface area contributed by atoms with E-state index >= 15 is 0 Å². The molecule has 0 bridgehead atoms. The lowest BCUT2D eigenvalue weighted by Crippen LogP contribution is -2.23. The van der Waals surface area contributed by atoms with E-state index in [4.69, 9.17) is 0 Å². The second kappa shape index (κ2) is 5.38. The number of fused-ring (bicyclic) bond motifs is 1. The second-order valence-corrected chi connectivity index (χ2v) is 4.99. The van der Waals surface area contributed by atoms with Crippen LogP contribution in [0.15, 0.2) is 42.5 Å². The van der Waals surface area contributed by atoms with Crippen LogP contribution in [0.4, 0.5) is 0 Å². The molecule has 0 aliphatic heterocycles. The smallest absolute Gasteiger partial charge is 0.191 e. The molecular formula is C15H17N5. The van der Waals surface area contributed by atoms with Gasteiger partial charge in [0.25, 0.3) is 0 Å². The van der Waals surface area contributed by atoms with Crippen LogP contribution in [0.5, 0.6) is 0 Å². The predicted octanol–water partition coefficient (Wildman–Crippen LogP) is 2.76. The summed E-state index contributed by atoms with van der Waals surface area (Å²) in [5, 5.41) is 20.1. The molecule has 3 aromatic rings. The molecule has 3 rings (SSSR count). The fourth-order valence-corrected chi connectivity index (χ4v) is 2.38. The highest BCUT2D eigenvalue weighted by molar-refractivity contribution is 5.83. The Kier molecular flexibility index (Phi) is 3.43. The molecule has 0 saturated heterocycles. The highest BCUT2D eigenvalue weighted by Gasteiger charge is 2.14. The zero-order valence-electron chi connectivity index (χ0n) is 11.5. The van der Waals surface area contributed by atoms with Crippen LogP contribution < -0.4 is 5.32 Å². The highest BCUT2D eigenvalue weighted by atomic mass is 15.5. The summed E-state index contributed by atoms with van der Waals surface area (Å²) in [6.07, 6.45) is 0. The number of hydrogen-bond acceptors (Lipinski definition) is 4. The summed E-state index contributed by atoms with van der Waals surface area (Å²) in [6.45, 7) is 4.17. The molecule has 2 N–H and O–H groups in total. The van der Waals surface area contributed by atoms with Gasteiger partial charge in [-0.2, -0.15) is 5.21 Å². The number of aromatic amines is 1. The number of H-pyrrole nitrogens is 1. The number of benzene rings is 2. The van der Waals surface area contributed by atoms with Gasteiger partial charge in [-0.1, -0.05) is 41.6 Å². The fourth-order valence-electron chi connectivity index (χ4n) is 2.38. The molecule has 5 nitrogen and oxygen atoms in total. The molecule has 0 radical (unpaired) electrons. The molecule has 0 amide bonds. The van der Waals surface area contributed by atoms with Gasteiger partial charge in [0.15, 0.2) is 5.82 Å². The van der Waals surface area contributed by atoms with E-state index in [1.807, 2.05) is 6.92 Å². The van der Waals surface area contributed by atoms with E-state index in [0.717, 1.165) is 0 Å². The molecule has 0 saturated carbocycles. The Bertz CT molecular complexity index is 692. The summed E-state index contributed by atoms with van der Waals surface area (Å²) in [6, 6.07) is 15.2. The lowest BCUT2D eigenvalue weighted by atomic mass is 10.0. The first-order valence-electron chi connectivity index (χ1n) is 6.72. The van der Waals surface area contributed by atoms with Gasteiger partial charge in [-0.05, 0) is 36.2 Å². The standard InChI is InChI=1S/C15H17N5/c1-10(16-11(2)15-17-19-20-18-15)13-8-7-12-5-3-4-6-14(12)9-13/h3-11,16H,1-2H3,(H,17,18,19,20). The van der Waals surface area contributed by atoms with Crippen LogP contribution in [0.25, 0.3) is 10.8 Å². The number of hydrogen-bond donors (Lipinski definition) is 2. The first-order chi connectivity index (χ1) is 9.74. The van der Waals surface area contributed by atoms with E-state index in [9.17, 15) is 0 Å². The number of rotatable bonds is 4. The molecule has 0 spiro atoms. The summed E-state index contributed by atoms with van der Waals surface area (Å²) >= 11 is 0. The molecule has 2 aromatic carbocycles. The third-order valence-electron chi connectivity index (χ3n) is 3.52. The number of tetrazole rings is 1. The predicted molar refractivity (Wildman–Crippen MR) is 78.1 cm³/mol. The van der Waals surface area contributed by atoms with Crippen molar-refractivity contribution in [1.82, 2.24) is 25.9 Å². The van der Waals surface area contributed by atoms with Crippen molar-refractivity contribution in [3.05, 3.63) is 53.9 Å². The minimum atomic E-state index is 0.0511. The zero-order chi connectivity index (χ0) is 13.9. The van der Waals surface area contributed by atoms with Gasteiger partial charge in [-0.15, -0.1) is 10.2 Å². The first-order valence-corrected chi connectivity index (χ1v) is 6.72. The third-order valence-corrected chi connectivity index (χ3v) is 3.52. The lowest BCUT2D eigenvalue weighted by molar-refractivity contribution is 0.477. The lowest BCUT2D eigenvalue weighted by Gasteiger charge is -2.18. The Morgan fingerprint density at radius 2 is 1.80 bits per heavy atom. The summed E-state index contributed by atoms with van der Waals surface area (Å²) in [4.78, 5) is 0. The summed E-state index contributed by atoms with van der Waals surface area (Å²) < 4.78 is 0. The van der Waals surface area contributed by atoms with Crippen molar-refractivity contribution in [3.63, 3.8) is 0 Å². The van der Waals surface area contributed by atoms with Gasteiger partial charge in [0.2, 0.25) is 0 Å². The van der Waals surface area contributed by atoms with E-state index < -0.39 is 0 Å². The van der Waals surface area contributed by atoms with Gasteiger partial charge in [-0.3, -0.25) is 0 Å². The van der Waals surface area contributed by atoms with E-state index in [2.05, 4.69) is 75.3 Å². The summed E-state index contributed by atoms with van der Waals surface area (Å²) in [5.41, 5.74) is 1.25. The highest BCUT2D eigenvalue weighted by Crippen LogP contribution is 2.22. The molecule has 2 unspecified atom stereocenters. The van der Waals surface area contributed by atoms with E-state index in [0.29, 0.717) is 5.82 Å². The maximum Gasteiger partial charge on any atom is 0.191 e. The van der Waals surface area contributed by atoms with Crippen LogP contribution in [-0.2, 0) is 0 Å². The van der Waals surface area contributed by atoms with Crippen molar-refractivity contribution in [3.8, 4) is 0 Å². The van der Waals surface area contributed by atoms with Crippen molar-refractivity contribution in [2.24, 2.45) is 0 Å². The molecular weight excluding hydrogens is 250 g/mol. The van der Waals surface area contributed by atoms with Crippen LogP contribution in [0.2, 0.25) is 0 Å². The third kappa shape index (κ3) is 2.53. The maximum absolute atomic E-state index is 4.00. The normalized spacial score (nSPS) is 14.3. The maximum atomic E-state index is 4.00. The van der Waals surface area contributed by atoms with Crippen molar-refractivity contribution in [2.75, 3.05) is 0 Å². The molecule has 2 atom stereocenters. The molecule has 0 aliphatic rings. The summed E-state index contributed by atoms with van der Waals surface area (Å²) in [5.74, 6) is 0.678. The van der Waals surface area contributed by atoms with Crippen LogP contribution in [-0.4, -0.2) is 20.6 Å².